The van der Waals surface area contributed by atoms with Crippen LogP contribution in [0.4, 0.5) is 0 Å². The summed E-state index contributed by atoms with van der Waals surface area (Å²) in [6, 6.07) is 20.7. The second kappa shape index (κ2) is 10.2. The van der Waals surface area contributed by atoms with Crippen LogP contribution in [0.1, 0.15) is 36.4 Å². The third-order valence-electron chi connectivity index (χ3n) is 4.52. The van der Waals surface area contributed by atoms with Gasteiger partial charge in [-0.15, -0.1) is 12.4 Å². The molecule has 0 aromatic heterocycles. The van der Waals surface area contributed by atoms with Crippen molar-refractivity contribution in [3.8, 4) is 0 Å². The van der Waals surface area contributed by atoms with Crippen LogP contribution in [-0.4, -0.2) is 19.0 Å². The average molecular weight is 359 g/mol. The molecule has 1 amide bonds. The van der Waals surface area contributed by atoms with Crippen LogP contribution in [0.15, 0.2) is 60.7 Å². The Bertz CT molecular complexity index is 629. The van der Waals surface area contributed by atoms with Gasteiger partial charge in [-0.05, 0) is 49.3 Å². The normalized spacial score (nSPS) is 14.4. The van der Waals surface area contributed by atoms with Crippen molar-refractivity contribution >= 4 is 18.3 Å². The number of amides is 1. The first-order valence-electron chi connectivity index (χ1n) is 8.90. The molecule has 1 aliphatic rings. The van der Waals surface area contributed by atoms with Crippen LogP contribution in [-0.2, 0) is 11.2 Å². The third-order valence-corrected chi connectivity index (χ3v) is 4.52. The molecular weight excluding hydrogens is 332 g/mol. The van der Waals surface area contributed by atoms with E-state index in [-0.39, 0.29) is 24.4 Å². The molecule has 2 N–H and O–H groups in total. The Hall–Kier alpha value is -1.84. The summed E-state index contributed by atoms with van der Waals surface area (Å²) in [5.74, 6) is 0.873. The van der Waals surface area contributed by atoms with Gasteiger partial charge in [0.15, 0.2) is 0 Å². The molecule has 1 aliphatic carbocycles. The van der Waals surface area contributed by atoms with E-state index in [2.05, 4.69) is 47.0 Å². The van der Waals surface area contributed by atoms with Crippen molar-refractivity contribution in [2.45, 2.75) is 31.7 Å². The molecule has 25 heavy (non-hydrogen) atoms. The Morgan fingerprint density at radius 2 is 1.64 bits per heavy atom. The largest absolute Gasteiger partial charge is 0.348 e. The van der Waals surface area contributed by atoms with Crippen LogP contribution in [0.3, 0.4) is 0 Å². The molecule has 1 atom stereocenters. The van der Waals surface area contributed by atoms with Crippen LogP contribution in [0.2, 0.25) is 0 Å². The molecule has 0 bridgehead atoms. The van der Waals surface area contributed by atoms with E-state index < -0.39 is 0 Å². The first-order valence-corrected chi connectivity index (χ1v) is 8.90. The number of aryl methyl sites for hydroxylation is 1. The zero-order valence-corrected chi connectivity index (χ0v) is 15.3. The standard InChI is InChI=1S/C21H26N2O.ClH/c24-21(16-22-15-18-11-12-18)23-20(19-9-5-2-6-10-19)14-13-17-7-3-1-4-8-17;/h1-10,18,20,22H,11-16H2,(H,23,24);1H. The van der Waals surface area contributed by atoms with Gasteiger partial charge in [0, 0.05) is 0 Å². The topological polar surface area (TPSA) is 41.1 Å². The van der Waals surface area contributed by atoms with Crippen LogP contribution < -0.4 is 10.6 Å². The van der Waals surface area contributed by atoms with Gasteiger partial charge < -0.3 is 10.6 Å². The molecule has 4 heteroatoms. The summed E-state index contributed by atoms with van der Waals surface area (Å²) >= 11 is 0. The van der Waals surface area contributed by atoms with E-state index >= 15 is 0 Å². The first-order chi connectivity index (χ1) is 11.8. The van der Waals surface area contributed by atoms with Crippen molar-refractivity contribution in [2.24, 2.45) is 5.92 Å². The molecule has 0 saturated heterocycles. The van der Waals surface area contributed by atoms with Gasteiger partial charge in [0.1, 0.15) is 0 Å². The van der Waals surface area contributed by atoms with Crippen LogP contribution in [0, 0.1) is 5.92 Å². The van der Waals surface area contributed by atoms with Gasteiger partial charge in [-0.25, -0.2) is 0 Å². The maximum atomic E-state index is 12.3. The molecule has 1 unspecified atom stereocenters. The maximum absolute atomic E-state index is 12.3. The Labute approximate surface area is 156 Å². The van der Waals surface area contributed by atoms with Crippen LogP contribution in [0.25, 0.3) is 0 Å². The van der Waals surface area contributed by atoms with Crippen molar-refractivity contribution in [3.63, 3.8) is 0 Å². The summed E-state index contributed by atoms with van der Waals surface area (Å²) in [5.41, 5.74) is 2.48. The molecule has 134 valence electrons. The van der Waals surface area contributed by atoms with E-state index in [4.69, 9.17) is 0 Å². The van der Waals surface area contributed by atoms with E-state index in [0.717, 1.165) is 25.3 Å². The predicted molar refractivity (Wildman–Crippen MR) is 105 cm³/mol. The first kappa shape index (κ1) is 19.5. The van der Waals surface area contributed by atoms with E-state index in [1.165, 1.54) is 24.0 Å². The number of benzene rings is 2. The molecule has 0 spiro atoms. The molecule has 0 radical (unpaired) electrons. The minimum Gasteiger partial charge on any atom is -0.348 e. The van der Waals surface area contributed by atoms with Crippen molar-refractivity contribution in [2.75, 3.05) is 13.1 Å². The average Bonchev–Trinajstić information content (AvgIpc) is 3.44. The minimum absolute atomic E-state index is 0. The Kier molecular flexibility index (Phi) is 7.96. The summed E-state index contributed by atoms with van der Waals surface area (Å²) in [4.78, 5) is 12.3. The highest BCUT2D eigenvalue weighted by molar-refractivity contribution is 5.85. The summed E-state index contributed by atoms with van der Waals surface area (Å²) in [6.45, 7) is 1.37. The lowest BCUT2D eigenvalue weighted by molar-refractivity contribution is -0.121. The smallest absolute Gasteiger partial charge is 0.234 e. The second-order valence-electron chi connectivity index (χ2n) is 6.63. The fourth-order valence-corrected chi connectivity index (χ4v) is 2.92. The van der Waals surface area contributed by atoms with E-state index in [0.29, 0.717) is 6.54 Å². The maximum Gasteiger partial charge on any atom is 0.234 e. The van der Waals surface area contributed by atoms with Gasteiger partial charge in [-0.1, -0.05) is 60.7 Å². The lowest BCUT2D eigenvalue weighted by atomic mass is 9.99. The lowest BCUT2D eigenvalue weighted by Crippen LogP contribution is -2.37. The SMILES string of the molecule is Cl.O=C(CNCC1CC1)NC(CCc1ccccc1)c1ccccc1. The van der Waals surface area contributed by atoms with Crippen molar-refractivity contribution in [1.82, 2.24) is 10.6 Å². The lowest BCUT2D eigenvalue weighted by Gasteiger charge is -2.19. The summed E-state index contributed by atoms with van der Waals surface area (Å²) in [6.07, 6.45) is 4.47. The zero-order chi connectivity index (χ0) is 16.6. The molecule has 1 saturated carbocycles. The summed E-state index contributed by atoms with van der Waals surface area (Å²) in [7, 11) is 0. The fourth-order valence-electron chi connectivity index (χ4n) is 2.92. The predicted octanol–water partition coefficient (Wildman–Crippen LogP) is 3.90. The molecule has 2 aromatic rings. The van der Waals surface area contributed by atoms with Crippen molar-refractivity contribution < 1.29 is 4.79 Å². The van der Waals surface area contributed by atoms with Gasteiger partial charge in [0.25, 0.3) is 0 Å². The van der Waals surface area contributed by atoms with Gasteiger partial charge in [-0.2, -0.15) is 0 Å². The molecule has 3 nitrogen and oxygen atoms in total. The number of halogens is 1. The highest BCUT2D eigenvalue weighted by Gasteiger charge is 2.21. The Morgan fingerprint density at radius 3 is 2.28 bits per heavy atom. The monoisotopic (exact) mass is 358 g/mol. The number of carbonyl (C=O) groups excluding carboxylic acids is 1. The zero-order valence-electron chi connectivity index (χ0n) is 14.5. The van der Waals surface area contributed by atoms with Gasteiger partial charge in [0.2, 0.25) is 5.91 Å². The van der Waals surface area contributed by atoms with E-state index in [1.807, 2.05) is 24.3 Å². The van der Waals surface area contributed by atoms with Crippen molar-refractivity contribution in [3.05, 3.63) is 71.8 Å². The highest BCUT2D eigenvalue weighted by atomic mass is 35.5. The van der Waals surface area contributed by atoms with Crippen LogP contribution >= 0.6 is 12.4 Å². The second-order valence-corrected chi connectivity index (χ2v) is 6.63. The molecule has 0 heterocycles. The number of rotatable bonds is 9. The minimum atomic E-state index is 0. The fraction of sp³-hybridized carbons (Fsp3) is 0.381. The highest BCUT2D eigenvalue weighted by Crippen LogP contribution is 2.27. The summed E-state index contributed by atoms with van der Waals surface area (Å²) in [5, 5.41) is 6.46. The third kappa shape index (κ3) is 6.89. The molecule has 3 rings (SSSR count). The van der Waals surface area contributed by atoms with Gasteiger partial charge in [0.05, 0.1) is 12.6 Å². The molecule has 2 aromatic carbocycles. The Morgan fingerprint density at radius 1 is 1.00 bits per heavy atom. The molecular formula is C21H27ClN2O. The van der Waals surface area contributed by atoms with Gasteiger partial charge in [-0.3, -0.25) is 4.79 Å². The molecule has 0 aliphatic heterocycles. The number of carbonyl (C=O) groups is 1. The van der Waals surface area contributed by atoms with Crippen molar-refractivity contribution in [1.29, 1.82) is 0 Å². The van der Waals surface area contributed by atoms with E-state index in [9.17, 15) is 4.79 Å². The number of nitrogens with one attached hydrogen (secondary N) is 2. The molecule has 1 fully saturated rings. The van der Waals surface area contributed by atoms with Crippen LogP contribution in [0.5, 0.6) is 0 Å². The quantitative estimate of drug-likeness (QED) is 0.713. The summed E-state index contributed by atoms with van der Waals surface area (Å²) < 4.78 is 0. The number of hydrogen-bond acceptors (Lipinski definition) is 2. The van der Waals surface area contributed by atoms with E-state index in [1.54, 1.807) is 0 Å². The Balaban J connectivity index is 0.00000225. The van der Waals surface area contributed by atoms with Gasteiger partial charge >= 0.3 is 0 Å². The number of hydrogen-bond donors (Lipinski definition) is 2.